The van der Waals surface area contributed by atoms with Gasteiger partial charge in [-0.15, -0.1) is 0 Å². The maximum atomic E-state index is 12.8. The molecule has 1 heterocycles. The number of benzene rings is 1. The third kappa shape index (κ3) is 7.58. The SMILES string of the molecule is Cc1ccc(S(=O)(=O)CC(CCCCCN=[N+]=[N-])OC(=O)ON2C(=O)CCC2=O)cc1. The largest absolute Gasteiger partial charge is 0.534 e. The van der Waals surface area contributed by atoms with E-state index >= 15 is 0 Å². The fourth-order valence-electron chi connectivity index (χ4n) is 2.93. The first-order chi connectivity index (χ1) is 14.7. The van der Waals surface area contributed by atoms with Crippen molar-refractivity contribution in [2.24, 2.45) is 5.11 Å². The van der Waals surface area contributed by atoms with E-state index in [4.69, 9.17) is 10.3 Å². The van der Waals surface area contributed by atoms with Crippen molar-refractivity contribution in [3.8, 4) is 0 Å². The molecule has 0 N–H and O–H groups in total. The molecule has 0 radical (unpaired) electrons. The molecule has 11 nitrogen and oxygen atoms in total. The van der Waals surface area contributed by atoms with Gasteiger partial charge in [-0.1, -0.05) is 34.3 Å². The van der Waals surface area contributed by atoms with E-state index in [-0.39, 0.29) is 24.2 Å². The van der Waals surface area contributed by atoms with Gasteiger partial charge in [0.05, 0.1) is 10.6 Å². The molecule has 12 heteroatoms. The molecule has 1 aromatic carbocycles. The number of rotatable bonds is 11. The summed E-state index contributed by atoms with van der Waals surface area (Å²) >= 11 is 0. The smallest absolute Gasteiger partial charge is 0.428 e. The predicted molar refractivity (Wildman–Crippen MR) is 108 cm³/mol. The molecule has 1 fully saturated rings. The van der Waals surface area contributed by atoms with E-state index in [1.807, 2.05) is 6.92 Å². The Labute approximate surface area is 179 Å². The standard InChI is InChI=1S/C19H24N4O7S/c1-14-6-8-16(9-7-14)31(27,28)13-15(5-3-2-4-12-21-22-20)29-19(26)30-23-17(24)10-11-18(23)25/h6-9,15H,2-5,10-13H2,1H3. The molecule has 1 aromatic rings. The average Bonchev–Trinajstić information content (AvgIpc) is 3.02. The lowest BCUT2D eigenvalue weighted by Crippen LogP contribution is -2.35. The predicted octanol–water partition coefficient (Wildman–Crippen LogP) is 3.23. The molecule has 2 rings (SSSR count). The Balaban J connectivity index is 2.03. The number of amides is 2. The molecule has 1 saturated heterocycles. The van der Waals surface area contributed by atoms with Crippen LogP contribution in [0, 0.1) is 6.92 Å². The van der Waals surface area contributed by atoms with Crippen LogP contribution in [0.3, 0.4) is 0 Å². The minimum Gasteiger partial charge on any atom is -0.428 e. The molecule has 0 bridgehead atoms. The highest BCUT2D eigenvalue weighted by molar-refractivity contribution is 7.91. The van der Waals surface area contributed by atoms with Gasteiger partial charge in [-0.3, -0.25) is 14.4 Å². The zero-order valence-corrected chi connectivity index (χ0v) is 17.9. The van der Waals surface area contributed by atoms with Crippen molar-refractivity contribution < 1.29 is 32.4 Å². The second-order valence-corrected chi connectivity index (χ2v) is 9.10. The minimum absolute atomic E-state index is 0.0669. The van der Waals surface area contributed by atoms with Crippen LogP contribution >= 0.6 is 0 Å². The zero-order valence-electron chi connectivity index (χ0n) is 17.1. The number of hydroxylamine groups is 2. The molecular weight excluding hydrogens is 428 g/mol. The Kier molecular flexibility index (Phi) is 8.83. The van der Waals surface area contributed by atoms with Crippen molar-refractivity contribution in [3.63, 3.8) is 0 Å². The number of unbranched alkanes of at least 4 members (excludes halogenated alkanes) is 2. The van der Waals surface area contributed by atoms with Gasteiger partial charge in [0.2, 0.25) is 0 Å². The van der Waals surface area contributed by atoms with Gasteiger partial charge < -0.3 is 4.74 Å². The average molecular weight is 452 g/mol. The van der Waals surface area contributed by atoms with Gasteiger partial charge in [0.1, 0.15) is 6.10 Å². The van der Waals surface area contributed by atoms with Crippen LogP contribution in [0.15, 0.2) is 34.3 Å². The van der Waals surface area contributed by atoms with E-state index in [0.717, 1.165) is 5.56 Å². The summed E-state index contributed by atoms with van der Waals surface area (Å²) in [6.45, 7) is 2.14. The van der Waals surface area contributed by atoms with Gasteiger partial charge in [-0.25, -0.2) is 13.2 Å². The fourth-order valence-corrected chi connectivity index (χ4v) is 4.40. The van der Waals surface area contributed by atoms with Crippen molar-refractivity contribution in [1.82, 2.24) is 5.06 Å². The minimum atomic E-state index is -3.77. The third-order valence-corrected chi connectivity index (χ3v) is 6.37. The molecule has 1 atom stereocenters. The molecule has 1 unspecified atom stereocenters. The lowest BCUT2D eigenvalue weighted by Gasteiger charge is -2.19. The molecule has 31 heavy (non-hydrogen) atoms. The zero-order chi connectivity index (χ0) is 22.9. The van der Waals surface area contributed by atoms with E-state index in [1.165, 1.54) is 12.1 Å². The normalized spacial score (nSPS) is 14.8. The topological polar surface area (TPSA) is 156 Å². The van der Waals surface area contributed by atoms with Crippen LogP contribution in [0.2, 0.25) is 0 Å². The Morgan fingerprint density at radius 1 is 1.16 bits per heavy atom. The van der Waals surface area contributed by atoms with Crippen molar-refractivity contribution in [2.75, 3.05) is 12.3 Å². The molecule has 2 amide bonds. The number of azide groups is 1. The van der Waals surface area contributed by atoms with Crippen molar-refractivity contribution in [3.05, 3.63) is 40.3 Å². The Morgan fingerprint density at radius 2 is 1.81 bits per heavy atom. The maximum Gasteiger partial charge on any atom is 0.534 e. The van der Waals surface area contributed by atoms with Gasteiger partial charge in [0.15, 0.2) is 9.84 Å². The third-order valence-electron chi connectivity index (χ3n) is 4.57. The monoisotopic (exact) mass is 452 g/mol. The number of aryl methyl sites for hydroxylation is 1. The van der Waals surface area contributed by atoms with Crippen LogP contribution in [0.1, 0.15) is 44.1 Å². The highest BCUT2D eigenvalue weighted by Crippen LogP contribution is 2.19. The maximum absolute atomic E-state index is 12.8. The first kappa shape index (κ1) is 24.2. The number of carbonyl (C=O) groups excluding carboxylic acids is 3. The Bertz CT molecular complexity index is 940. The quantitative estimate of drug-likeness (QED) is 0.125. The Hall–Kier alpha value is -3.11. The summed E-state index contributed by atoms with van der Waals surface area (Å²) in [6, 6.07) is 6.28. The summed E-state index contributed by atoms with van der Waals surface area (Å²) in [5.41, 5.74) is 9.18. The number of hydrogen-bond donors (Lipinski definition) is 0. The van der Waals surface area contributed by atoms with Gasteiger partial charge in [-0.05, 0) is 43.9 Å². The van der Waals surface area contributed by atoms with E-state index in [9.17, 15) is 22.8 Å². The van der Waals surface area contributed by atoms with Gasteiger partial charge in [0.25, 0.3) is 11.8 Å². The molecule has 168 valence electrons. The van der Waals surface area contributed by atoms with Crippen LogP contribution in [-0.4, -0.2) is 49.9 Å². The lowest BCUT2D eigenvalue weighted by atomic mass is 10.1. The molecule has 0 aromatic heterocycles. The highest BCUT2D eigenvalue weighted by atomic mass is 32.2. The van der Waals surface area contributed by atoms with E-state index in [0.29, 0.717) is 30.9 Å². The van der Waals surface area contributed by atoms with E-state index in [2.05, 4.69) is 14.9 Å². The second kappa shape index (κ2) is 11.3. The molecule has 1 aliphatic heterocycles. The summed E-state index contributed by atoms with van der Waals surface area (Å²) in [7, 11) is -3.77. The molecule has 0 aliphatic carbocycles. The number of carbonyl (C=O) groups is 3. The lowest BCUT2D eigenvalue weighted by molar-refractivity contribution is -0.178. The number of nitrogens with zero attached hydrogens (tertiary/aromatic N) is 4. The van der Waals surface area contributed by atoms with Crippen LogP contribution in [0.4, 0.5) is 4.79 Å². The summed E-state index contributed by atoms with van der Waals surface area (Å²) in [4.78, 5) is 42.7. The van der Waals surface area contributed by atoms with Gasteiger partial charge in [-0.2, -0.15) is 0 Å². The van der Waals surface area contributed by atoms with Crippen LogP contribution in [0.25, 0.3) is 10.4 Å². The number of ether oxygens (including phenoxy) is 1. The summed E-state index contributed by atoms with van der Waals surface area (Å²) in [5, 5.41) is 3.77. The Morgan fingerprint density at radius 3 is 2.42 bits per heavy atom. The summed E-state index contributed by atoms with van der Waals surface area (Å²) in [6.07, 6.45) is -0.565. The molecule has 1 aliphatic rings. The highest BCUT2D eigenvalue weighted by Gasteiger charge is 2.34. The molecule has 0 saturated carbocycles. The fraction of sp³-hybridized carbons (Fsp3) is 0.526. The second-order valence-electron chi connectivity index (χ2n) is 7.06. The number of imide groups is 1. The van der Waals surface area contributed by atoms with E-state index < -0.39 is 39.7 Å². The number of sulfone groups is 1. The van der Waals surface area contributed by atoms with Crippen LogP contribution in [0.5, 0.6) is 0 Å². The van der Waals surface area contributed by atoms with Gasteiger partial charge >= 0.3 is 6.16 Å². The summed E-state index contributed by atoms with van der Waals surface area (Å²) < 4.78 is 30.7. The van der Waals surface area contributed by atoms with Crippen molar-refractivity contribution in [2.45, 2.75) is 56.4 Å². The van der Waals surface area contributed by atoms with Crippen molar-refractivity contribution in [1.29, 1.82) is 0 Å². The number of hydrogen-bond acceptors (Lipinski definition) is 8. The van der Waals surface area contributed by atoms with Crippen molar-refractivity contribution >= 4 is 27.8 Å². The van der Waals surface area contributed by atoms with E-state index in [1.54, 1.807) is 12.1 Å². The summed E-state index contributed by atoms with van der Waals surface area (Å²) in [5.74, 6) is -1.81. The van der Waals surface area contributed by atoms with Crippen LogP contribution in [-0.2, 0) is 29.0 Å². The molecule has 0 spiro atoms. The van der Waals surface area contributed by atoms with Gasteiger partial charge in [0, 0.05) is 24.3 Å². The first-order valence-electron chi connectivity index (χ1n) is 9.77. The first-order valence-corrected chi connectivity index (χ1v) is 11.4. The van der Waals surface area contributed by atoms with Crippen LogP contribution < -0.4 is 0 Å². The molecular formula is C19H24N4O7S.